The molecule has 2 aromatic carbocycles. The summed E-state index contributed by atoms with van der Waals surface area (Å²) in [6, 6.07) is 14.5. The number of nitrogens with one attached hydrogen (secondary N) is 1. The van der Waals surface area contributed by atoms with Crippen LogP contribution in [0, 0.1) is 5.82 Å². The van der Waals surface area contributed by atoms with E-state index in [9.17, 15) is 9.18 Å². The number of likely N-dealkylation sites (tertiary alicyclic amines) is 1. The molecular weight excluding hydrogens is 305 g/mol. The molecule has 2 aromatic rings. The van der Waals surface area contributed by atoms with E-state index in [1.54, 1.807) is 12.1 Å². The molecule has 0 aliphatic carbocycles. The quantitative estimate of drug-likeness (QED) is 0.858. The summed E-state index contributed by atoms with van der Waals surface area (Å²) in [4.78, 5) is 13.6. The summed E-state index contributed by atoms with van der Waals surface area (Å²) in [6.45, 7) is 2.26. The van der Waals surface area contributed by atoms with E-state index in [1.807, 2.05) is 12.1 Å². The molecule has 1 saturated heterocycles. The Kier molecular flexibility index (Phi) is 5.11. The van der Waals surface area contributed by atoms with Gasteiger partial charge in [0.2, 0.25) is 5.91 Å². The highest BCUT2D eigenvalue weighted by molar-refractivity contribution is 5.80. The lowest BCUT2D eigenvalue weighted by Crippen LogP contribution is -2.39. The van der Waals surface area contributed by atoms with Crippen molar-refractivity contribution in [3.63, 3.8) is 0 Å². The Hall–Kier alpha value is -2.40. The van der Waals surface area contributed by atoms with Crippen molar-refractivity contribution in [2.24, 2.45) is 5.73 Å². The van der Waals surface area contributed by atoms with Gasteiger partial charge < -0.3 is 11.1 Å². The number of hydrogen-bond donors (Lipinski definition) is 2. The number of amides is 1. The maximum atomic E-state index is 12.9. The molecule has 1 heterocycles. The highest BCUT2D eigenvalue weighted by Gasteiger charge is 2.28. The zero-order valence-electron chi connectivity index (χ0n) is 13.5. The first kappa shape index (κ1) is 16.5. The maximum Gasteiger partial charge on any atom is 0.234 e. The minimum absolute atomic E-state index is 0.152. The van der Waals surface area contributed by atoms with Gasteiger partial charge in [-0.15, -0.1) is 0 Å². The summed E-state index contributed by atoms with van der Waals surface area (Å²) < 4.78 is 12.9. The Balaban J connectivity index is 1.61. The van der Waals surface area contributed by atoms with Crippen molar-refractivity contribution in [2.75, 3.05) is 11.9 Å². The van der Waals surface area contributed by atoms with E-state index in [0.29, 0.717) is 6.54 Å². The lowest BCUT2D eigenvalue weighted by Gasteiger charge is -2.22. The number of nitrogens with zero attached hydrogens (tertiary/aromatic N) is 1. The van der Waals surface area contributed by atoms with Crippen LogP contribution in [-0.2, 0) is 17.9 Å². The summed E-state index contributed by atoms with van der Waals surface area (Å²) in [7, 11) is 0. The van der Waals surface area contributed by atoms with E-state index >= 15 is 0 Å². The number of rotatable bonds is 6. The molecule has 4 nitrogen and oxygen atoms in total. The van der Waals surface area contributed by atoms with E-state index in [4.69, 9.17) is 5.73 Å². The zero-order chi connectivity index (χ0) is 16.9. The van der Waals surface area contributed by atoms with Crippen LogP contribution in [0.5, 0.6) is 0 Å². The van der Waals surface area contributed by atoms with Crippen LogP contribution in [0.15, 0.2) is 48.5 Å². The Bertz CT molecular complexity index is 702. The van der Waals surface area contributed by atoms with Crippen molar-refractivity contribution in [3.8, 4) is 0 Å². The van der Waals surface area contributed by atoms with Gasteiger partial charge in [0.25, 0.3) is 0 Å². The maximum absolute atomic E-state index is 12.9. The molecule has 1 aliphatic rings. The van der Waals surface area contributed by atoms with Crippen molar-refractivity contribution in [1.29, 1.82) is 0 Å². The van der Waals surface area contributed by atoms with Gasteiger partial charge in [0.05, 0.1) is 6.04 Å². The lowest BCUT2D eigenvalue weighted by molar-refractivity contribution is -0.122. The number of carbonyl (C=O) groups is 1. The molecule has 126 valence electrons. The first-order valence-corrected chi connectivity index (χ1v) is 8.22. The minimum Gasteiger partial charge on any atom is -0.381 e. The zero-order valence-corrected chi connectivity index (χ0v) is 13.5. The van der Waals surface area contributed by atoms with Gasteiger partial charge in [-0.05, 0) is 54.8 Å². The molecule has 1 amide bonds. The third-order valence-corrected chi connectivity index (χ3v) is 4.41. The molecule has 0 radical (unpaired) electrons. The molecule has 0 spiro atoms. The van der Waals surface area contributed by atoms with Crippen LogP contribution in [-0.4, -0.2) is 23.4 Å². The topological polar surface area (TPSA) is 58.4 Å². The van der Waals surface area contributed by atoms with Gasteiger partial charge in [0.15, 0.2) is 0 Å². The molecule has 1 fully saturated rings. The smallest absolute Gasteiger partial charge is 0.234 e. The van der Waals surface area contributed by atoms with E-state index < -0.39 is 0 Å². The van der Waals surface area contributed by atoms with Gasteiger partial charge in [0.1, 0.15) is 5.82 Å². The van der Waals surface area contributed by atoms with Crippen LogP contribution in [0.1, 0.15) is 24.0 Å². The number of hydrogen-bond acceptors (Lipinski definition) is 3. The van der Waals surface area contributed by atoms with Gasteiger partial charge in [0, 0.05) is 18.8 Å². The molecular formula is C19H22FN3O. The van der Waals surface area contributed by atoms with Crippen molar-refractivity contribution in [2.45, 2.75) is 32.0 Å². The van der Waals surface area contributed by atoms with E-state index in [-0.39, 0.29) is 17.8 Å². The molecule has 3 rings (SSSR count). The number of benzene rings is 2. The number of nitrogens with two attached hydrogens (primary N) is 1. The van der Waals surface area contributed by atoms with Gasteiger partial charge in [-0.3, -0.25) is 9.69 Å². The average molecular weight is 327 g/mol. The van der Waals surface area contributed by atoms with Gasteiger partial charge in [-0.1, -0.05) is 24.3 Å². The predicted octanol–water partition coefficient (Wildman–Crippen LogP) is 2.89. The molecule has 3 N–H and O–H groups in total. The fraction of sp³-hybridized carbons (Fsp3) is 0.316. The minimum atomic E-state index is -0.238. The number of primary amides is 1. The number of carbonyl (C=O) groups excluding carboxylic acids is 1. The van der Waals surface area contributed by atoms with E-state index in [1.165, 1.54) is 12.1 Å². The largest absolute Gasteiger partial charge is 0.381 e. The second-order valence-electron chi connectivity index (χ2n) is 6.21. The normalized spacial score (nSPS) is 17.8. The second-order valence-corrected chi connectivity index (χ2v) is 6.21. The number of halogens is 1. The molecule has 0 unspecified atom stereocenters. The fourth-order valence-electron chi connectivity index (χ4n) is 3.16. The van der Waals surface area contributed by atoms with Crippen molar-refractivity contribution in [1.82, 2.24) is 4.90 Å². The molecule has 0 saturated carbocycles. The van der Waals surface area contributed by atoms with Crippen LogP contribution in [0.2, 0.25) is 0 Å². The SMILES string of the molecule is NC(=O)[C@@H]1CCCN1Cc1cccc(NCc2ccc(F)cc2)c1. The summed E-state index contributed by atoms with van der Waals surface area (Å²) in [5.74, 6) is -0.464. The number of anilines is 1. The summed E-state index contributed by atoms with van der Waals surface area (Å²) >= 11 is 0. The van der Waals surface area contributed by atoms with E-state index in [2.05, 4.69) is 22.3 Å². The first-order valence-electron chi connectivity index (χ1n) is 8.22. The van der Waals surface area contributed by atoms with Crippen LogP contribution in [0.4, 0.5) is 10.1 Å². The third kappa shape index (κ3) is 4.11. The Morgan fingerprint density at radius 3 is 2.75 bits per heavy atom. The molecule has 0 aromatic heterocycles. The monoisotopic (exact) mass is 327 g/mol. The molecule has 0 bridgehead atoms. The van der Waals surface area contributed by atoms with Crippen LogP contribution >= 0.6 is 0 Å². The molecule has 24 heavy (non-hydrogen) atoms. The van der Waals surface area contributed by atoms with Crippen LogP contribution in [0.3, 0.4) is 0 Å². The van der Waals surface area contributed by atoms with Gasteiger partial charge in [-0.25, -0.2) is 4.39 Å². The molecule has 1 atom stereocenters. The Morgan fingerprint density at radius 2 is 2.00 bits per heavy atom. The van der Waals surface area contributed by atoms with E-state index in [0.717, 1.165) is 42.7 Å². The third-order valence-electron chi connectivity index (χ3n) is 4.41. The summed E-state index contributed by atoms with van der Waals surface area (Å²) in [5, 5.41) is 3.35. The standard InChI is InChI=1S/C19H22FN3O/c20-16-8-6-14(7-9-16)12-22-17-4-1-3-15(11-17)13-23-10-2-5-18(23)19(21)24/h1,3-4,6-9,11,18,22H,2,5,10,12-13H2,(H2,21,24)/t18-/m0/s1. The Morgan fingerprint density at radius 1 is 1.21 bits per heavy atom. The van der Waals surface area contributed by atoms with Crippen LogP contribution < -0.4 is 11.1 Å². The lowest BCUT2D eigenvalue weighted by atomic mass is 10.1. The average Bonchev–Trinajstić information content (AvgIpc) is 3.03. The van der Waals surface area contributed by atoms with Crippen molar-refractivity contribution < 1.29 is 9.18 Å². The van der Waals surface area contributed by atoms with Crippen LogP contribution in [0.25, 0.3) is 0 Å². The van der Waals surface area contributed by atoms with Crippen molar-refractivity contribution in [3.05, 3.63) is 65.5 Å². The first-order chi connectivity index (χ1) is 11.6. The summed E-state index contributed by atoms with van der Waals surface area (Å²) in [5.41, 5.74) is 8.65. The second kappa shape index (κ2) is 7.45. The fourth-order valence-corrected chi connectivity index (χ4v) is 3.16. The Labute approximate surface area is 141 Å². The summed E-state index contributed by atoms with van der Waals surface area (Å²) in [6.07, 6.45) is 1.86. The highest BCUT2D eigenvalue weighted by atomic mass is 19.1. The van der Waals surface area contributed by atoms with Gasteiger partial charge >= 0.3 is 0 Å². The molecule has 5 heteroatoms. The highest BCUT2D eigenvalue weighted by Crippen LogP contribution is 2.21. The van der Waals surface area contributed by atoms with Crippen molar-refractivity contribution >= 4 is 11.6 Å². The predicted molar refractivity (Wildman–Crippen MR) is 92.8 cm³/mol. The molecule has 1 aliphatic heterocycles. The van der Waals surface area contributed by atoms with Gasteiger partial charge in [-0.2, -0.15) is 0 Å².